The summed E-state index contributed by atoms with van der Waals surface area (Å²) in [5, 5.41) is 0. The normalized spacial score (nSPS) is 12.4. The van der Waals surface area contributed by atoms with E-state index in [9.17, 15) is 0 Å². The number of hydrogen-bond donors (Lipinski definition) is 1. The Morgan fingerprint density at radius 3 is 2.55 bits per heavy atom. The van der Waals surface area contributed by atoms with E-state index in [1.54, 1.807) is 0 Å². The van der Waals surface area contributed by atoms with Crippen LogP contribution in [-0.2, 0) is 0 Å². The third-order valence-corrected chi connectivity index (χ3v) is 3.56. The van der Waals surface area contributed by atoms with Crippen molar-refractivity contribution in [3.63, 3.8) is 0 Å². The minimum atomic E-state index is 0.0844. The molecule has 20 heavy (non-hydrogen) atoms. The van der Waals surface area contributed by atoms with Gasteiger partial charge in [0.05, 0.1) is 28.4 Å². The number of fused-ring (bicyclic) bond motifs is 1. The highest BCUT2D eigenvalue weighted by Gasteiger charge is 2.16. The van der Waals surface area contributed by atoms with Crippen molar-refractivity contribution in [3.05, 3.63) is 66.5 Å². The SMILES string of the molecule is NC(=S)CC(c1ccccc1)n1cnc2ccccc21. The van der Waals surface area contributed by atoms with Gasteiger partial charge in [0, 0.05) is 6.42 Å². The van der Waals surface area contributed by atoms with Gasteiger partial charge < -0.3 is 10.3 Å². The van der Waals surface area contributed by atoms with Gasteiger partial charge in [0.15, 0.2) is 0 Å². The minimum absolute atomic E-state index is 0.0844. The molecule has 0 aliphatic heterocycles. The largest absolute Gasteiger partial charge is 0.393 e. The predicted molar refractivity (Wildman–Crippen MR) is 85.7 cm³/mol. The van der Waals surface area contributed by atoms with Gasteiger partial charge in [-0.05, 0) is 17.7 Å². The lowest BCUT2D eigenvalue weighted by atomic mass is 10.0. The van der Waals surface area contributed by atoms with Crippen molar-refractivity contribution in [3.8, 4) is 0 Å². The van der Waals surface area contributed by atoms with Crippen LogP contribution in [0.4, 0.5) is 0 Å². The molecule has 0 fully saturated rings. The summed E-state index contributed by atoms with van der Waals surface area (Å²) in [6.07, 6.45) is 2.49. The highest BCUT2D eigenvalue weighted by Crippen LogP contribution is 2.26. The van der Waals surface area contributed by atoms with E-state index in [1.807, 2.05) is 42.7 Å². The van der Waals surface area contributed by atoms with Gasteiger partial charge in [0.2, 0.25) is 0 Å². The average Bonchev–Trinajstić information content (AvgIpc) is 2.89. The van der Waals surface area contributed by atoms with Crippen LogP contribution in [0.2, 0.25) is 0 Å². The molecule has 100 valence electrons. The minimum Gasteiger partial charge on any atom is -0.393 e. The monoisotopic (exact) mass is 281 g/mol. The zero-order chi connectivity index (χ0) is 13.9. The number of aromatic nitrogens is 2. The molecule has 2 aromatic carbocycles. The van der Waals surface area contributed by atoms with Crippen LogP contribution in [0.3, 0.4) is 0 Å². The Balaban J connectivity index is 2.12. The van der Waals surface area contributed by atoms with Gasteiger partial charge in [-0.25, -0.2) is 4.98 Å². The molecule has 0 aliphatic carbocycles. The Kier molecular flexibility index (Phi) is 3.48. The molecule has 0 spiro atoms. The number of para-hydroxylation sites is 2. The molecular weight excluding hydrogens is 266 g/mol. The molecular formula is C16H15N3S. The Morgan fingerprint density at radius 2 is 1.80 bits per heavy atom. The van der Waals surface area contributed by atoms with Crippen LogP contribution in [-0.4, -0.2) is 14.5 Å². The van der Waals surface area contributed by atoms with Crippen LogP contribution in [0.1, 0.15) is 18.0 Å². The molecule has 1 unspecified atom stereocenters. The molecule has 2 N–H and O–H groups in total. The molecule has 1 aromatic heterocycles. The Hall–Kier alpha value is -2.20. The van der Waals surface area contributed by atoms with E-state index >= 15 is 0 Å². The molecule has 0 radical (unpaired) electrons. The lowest BCUT2D eigenvalue weighted by Crippen LogP contribution is -2.18. The van der Waals surface area contributed by atoms with Gasteiger partial charge in [-0.1, -0.05) is 54.7 Å². The number of nitrogens with two attached hydrogens (primary N) is 1. The molecule has 0 amide bonds. The van der Waals surface area contributed by atoms with E-state index in [0.717, 1.165) is 11.0 Å². The van der Waals surface area contributed by atoms with Gasteiger partial charge in [0.25, 0.3) is 0 Å². The van der Waals surface area contributed by atoms with Crippen LogP contribution in [0, 0.1) is 0 Å². The molecule has 0 saturated carbocycles. The van der Waals surface area contributed by atoms with Crippen molar-refractivity contribution in [2.24, 2.45) is 5.73 Å². The third kappa shape index (κ3) is 2.42. The summed E-state index contributed by atoms with van der Waals surface area (Å²) >= 11 is 5.11. The van der Waals surface area contributed by atoms with Crippen molar-refractivity contribution < 1.29 is 0 Å². The van der Waals surface area contributed by atoms with Crippen molar-refractivity contribution in [2.75, 3.05) is 0 Å². The molecule has 0 saturated heterocycles. The number of nitrogens with zero attached hydrogens (tertiary/aromatic N) is 2. The average molecular weight is 281 g/mol. The van der Waals surface area contributed by atoms with Crippen LogP contribution in [0.25, 0.3) is 11.0 Å². The predicted octanol–water partition coefficient (Wildman–Crippen LogP) is 3.30. The zero-order valence-electron chi connectivity index (χ0n) is 10.9. The smallest absolute Gasteiger partial charge is 0.0964 e. The van der Waals surface area contributed by atoms with E-state index in [4.69, 9.17) is 18.0 Å². The fourth-order valence-corrected chi connectivity index (χ4v) is 2.63. The molecule has 3 nitrogen and oxygen atoms in total. The molecule has 1 heterocycles. The van der Waals surface area contributed by atoms with Gasteiger partial charge in [-0.3, -0.25) is 0 Å². The Morgan fingerprint density at radius 1 is 1.10 bits per heavy atom. The second kappa shape index (κ2) is 5.43. The van der Waals surface area contributed by atoms with Gasteiger partial charge in [0.1, 0.15) is 0 Å². The highest BCUT2D eigenvalue weighted by molar-refractivity contribution is 7.80. The van der Waals surface area contributed by atoms with Crippen LogP contribution in [0.5, 0.6) is 0 Å². The van der Waals surface area contributed by atoms with E-state index in [2.05, 4.69) is 27.8 Å². The van der Waals surface area contributed by atoms with Gasteiger partial charge >= 0.3 is 0 Å². The van der Waals surface area contributed by atoms with Crippen molar-refractivity contribution >= 4 is 28.2 Å². The number of rotatable bonds is 4. The summed E-state index contributed by atoms with van der Waals surface area (Å²) in [5.74, 6) is 0. The third-order valence-electron chi connectivity index (χ3n) is 3.40. The second-order valence-electron chi connectivity index (χ2n) is 4.74. The molecule has 0 bridgehead atoms. The summed E-state index contributed by atoms with van der Waals surface area (Å²) < 4.78 is 2.14. The second-order valence-corrected chi connectivity index (χ2v) is 5.26. The van der Waals surface area contributed by atoms with Gasteiger partial charge in [-0.15, -0.1) is 0 Å². The maximum Gasteiger partial charge on any atom is 0.0964 e. The quantitative estimate of drug-likeness (QED) is 0.746. The van der Waals surface area contributed by atoms with E-state index in [1.165, 1.54) is 5.56 Å². The standard InChI is InChI=1S/C16H15N3S/c17-16(20)10-15(12-6-2-1-3-7-12)19-11-18-13-8-4-5-9-14(13)19/h1-9,11,15H,10H2,(H2,17,20). The first kappa shape index (κ1) is 12.8. The number of thiocarbonyl (C=S) groups is 1. The first-order valence-corrected chi connectivity index (χ1v) is 6.91. The molecule has 3 aromatic rings. The molecule has 1 atom stereocenters. The number of imidazole rings is 1. The first-order chi connectivity index (χ1) is 9.75. The maximum atomic E-state index is 5.78. The van der Waals surface area contributed by atoms with Crippen molar-refractivity contribution in [1.29, 1.82) is 0 Å². The summed E-state index contributed by atoms with van der Waals surface area (Å²) in [5.41, 5.74) is 9.04. The summed E-state index contributed by atoms with van der Waals surface area (Å²) in [7, 11) is 0. The summed E-state index contributed by atoms with van der Waals surface area (Å²) in [6.45, 7) is 0. The fraction of sp³-hybridized carbons (Fsp3) is 0.125. The lowest BCUT2D eigenvalue weighted by Gasteiger charge is -2.19. The molecule has 0 aliphatic rings. The summed E-state index contributed by atoms with van der Waals surface area (Å²) in [6, 6.07) is 18.4. The number of hydrogen-bond acceptors (Lipinski definition) is 2. The Labute approximate surface area is 123 Å². The van der Waals surface area contributed by atoms with Crippen LogP contribution in [0.15, 0.2) is 60.9 Å². The topological polar surface area (TPSA) is 43.8 Å². The van der Waals surface area contributed by atoms with E-state index in [-0.39, 0.29) is 6.04 Å². The zero-order valence-corrected chi connectivity index (χ0v) is 11.8. The molecule has 4 heteroatoms. The highest BCUT2D eigenvalue weighted by atomic mass is 32.1. The first-order valence-electron chi connectivity index (χ1n) is 6.50. The van der Waals surface area contributed by atoms with Crippen LogP contribution < -0.4 is 5.73 Å². The van der Waals surface area contributed by atoms with E-state index in [0.29, 0.717) is 11.4 Å². The lowest BCUT2D eigenvalue weighted by molar-refractivity contribution is 0.623. The van der Waals surface area contributed by atoms with E-state index < -0.39 is 0 Å². The molecule has 3 rings (SSSR count). The van der Waals surface area contributed by atoms with Crippen molar-refractivity contribution in [2.45, 2.75) is 12.5 Å². The van der Waals surface area contributed by atoms with Gasteiger partial charge in [-0.2, -0.15) is 0 Å². The summed E-state index contributed by atoms with van der Waals surface area (Å²) in [4.78, 5) is 4.96. The Bertz CT molecular complexity index is 734. The van der Waals surface area contributed by atoms with Crippen molar-refractivity contribution in [1.82, 2.24) is 9.55 Å². The number of benzene rings is 2. The maximum absolute atomic E-state index is 5.78. The van der Waals surface area contributed by atoms with Crippen LogP contribution >= 0.6 is 12.2 Å². The fourth-order valence-electron chi connectivity index (χ4n) is 2.47.